The van der Waals surface area contributed by atoms with Crippen molar-refractivity contribution in [2.45, 2.75) is 6.18 Å². The maximum absolute atomic E-state index is 12.7. The van der Waals surface area contributed by atoms with E-state index in [-0.39, 0.29) is 5.56 Å². The molecule has 2 aromatic rings. The van der Waals surface area contributed by atoms with Crippen molar-refractivity contribution >= 4 is 5.78 Å². The van der Waals surface area contributed by atoms with Crippen LogP contribution < -0.4 is 0 Å². The molecule has 4 nitrogen and oxygen atoms in total. The number of carbonyl (C=O) groups is 1. The predicted molar refractivity (Wildman–Crippen MR) is 54.7 cm³/mol. The normalized spacial score (nSPS) is 11.3. The molecule has 0 aromatic carbocycles. The van der Waals surface area contributed by atoms with Crippen LogP contribution in [0.2, 0.25) is 0 Å². The molecule has 0 saturated heterocycles. The van der Waals surface area contributed by atoms with Crippen LogP contribution in [0.25, 0.3) is 0 Å². The van der Waals surface area contributed by atoms with Gasteiger partial charge in [-0.25, -0.2) is 0 Å². The Morgan fingerprint density at radius 1 is 1.06 bits per heavy atom. The summed E-state index contributed by atoms with van der Waals surface area (Å²) in [6, 6.07) is 2.06. The number of hydrogen-bond acceptors (Lipinski definition) is 4. The Hall–Kier alpha value is -2.31. The first-order valence-corrected chi connectivity index (χ1v) is 4.83. The van der Waals surface area contributed by atoms with Crippen LogP contribution >= 0.6 is 0 Å². The van der Waals surface area contributed by atoms with Gasteiger partial charge in [-0.2, -0.15) is 23.4 Å². The van der Waals surface area contributed by atoms with Crippen LogP contribution in [0.3, 0.4) is 0 Å². The zero-order chi connectivity index (χ0) is 13.2. The molecular formula is C11H6F3N3O. The topological polar surface area (TPSA) is 55.7 Å². The van der Waals surface area contributed by atoms with E-state index in [1.807, 2.05) is 0 Å². The van der Waals surface area contributed by atoms with Crippen molar-refractivity contribution < 1.29 is 18.0 Å². The first-order valence-electron chi connectivity index (χ1n) is 4.83. The average molecular weight is 253 g/mol. The lowest BCUT2D eigenvalue weighted by Gasteiger charge is -2.10. The first-order chi connectivity index (χ1) is 8.50. The highest BCUT2D eigenvalue weighted by atomic mass is 19.4. The third kappa shape index (κ3) is 2.34. The zero-order valence-electron chi connectivity index (χ0n) is 8.85. The van der Waals surface area contributed by atoms with E-state index in [0.29, 0.717) is 0 Å². The summed E-state index contributed by atoms with van der Waals surface area (Å²) in [5.41, 5.74) is -1.49. The molecule has 0 spiro atoms. The molecule has 0 radical (unpaired) electrons. The maximum Gasteiger partial charge on any atom is 0.417 e. The van der Waals surface area contributed by atoms with Gasteiger partial charge in [0.2, 0.25) is 0 Å². The highest BCUT2D eigenvalue weighted by Crippen LogP contribution is 2.32. The lowest BCUT2D eigenvalue weighted by molar-refractivity contribution is -0.137. The Labute approximate surface area is 99.5 Å². The molecule has 0 unspecified atom stereocenters. The van der Waals surface area contributed by atoms with Crippen LogP contribution in [0.5, 0.6) is 0 Å². The second-order valence-corrected chi connectivity index (χ2v) is 3.38. The van der Waals surface area contributed by atoms with Gasteiger partial charge < -0.3 is 0 Å². The van der Waals surface area contributed by atoms with E-state index < -0.39 is 23.1 Å². The minimum atomic E-state index is -4.60. The van der Waals surface area contributed by atoms with E-state index in [1.165, 1.54) is 12.3 Å². The van der Waals surface area contributed by atoms with E-state index in [9.17, 15) is 18.0 Å². The SMILES string of the molecule is O=C(c1ccnnc1)c1cnccc1C(F)(F)F. The van der Waals surface area contributed by atoms with E-state index >= 15 is 0 Å². The lowest BCUT2D eigenvalue weighted by Crippen LogP contribution is -2.14. The average Bonchev–Trinajstić information content (AvgIpc) is 2.38. The van der Waals surface area contributed by atoms with Crippen LogP contribution in [0.15, 0.2) is 36.9 Å². The van der Waals surface area contributed by atoms with Gasteiger partial charge in [0.05, 0.1) is 23.5 Å². The van der Waals surface area contributed by atoms with Crippen LogP contribution in [0, 0.1) is 0 Å². The first kappa shape index (κ1) is 12.2. The number of alkyl halides is 3. The molecule has 0 amide bonds. The number of aromatic nitrogens is 3. The fourth-order valence-electron chi connectivity index (χ4n) is 1.40. The van der Waals surface area contributed by atoms with Gasteiger partial charge >= 0.3 is 6.18 Å². The molecule has 0 saturated carbocycles. The van der Waals surface area contributed by atoms with Crippen LogP contribution in [-0.4, -0.2) is 21.0 Å². The van der Waals surface area contributed by atoms with Gasteiger partial charge in [-0.3, -0.25) is 9.78 Å². The standard InChI is InChI=1S/C11H6F3N3O/c12-11(13,14)9-2-3-15-6-8(9)10(18)7-1-4-16-17-5-7/h1-6H. The van der Waals surface area contributed by atoms with Crippen molar-refractivity contribution in [3.63, 3.8) is 0 Å². The number of pyridine rings is 1. The van der Waals surface area contributed by atoms with E-state index in [1.54, 1.807) is 0 Å². The van der Waals surface area contributed by atoms with Gasteiger partial charge in [-0.15, -0.1) is 0 Å². The Morgan fingerprint density at radius 2 is 1.83 bits per heavy atom. The van der Waals surface area contributed by atoms with Crippen molar-refractivity contribution in [2.75, 3.05) is 0 Å². The Morgan fingerprint density at radius 3 is 2.44 bits per heavy atom. The third-order valence-electron chi connectivity index (χ3n) is 2.22. The molecule has 0 atom stereocenters. The molecule has 18 heavy (non-hydrogen) atoms. The number of ketones is 1. The Bertz CT molecular complexity index is 569. The van der Waals surface area contributed by atoms with E-state index in [2.05, 4.69) is 15.2 Å². The van der Waals surface area contributed by atoms with Crippen molar-refractivity contribution in [3.05, 3.63) is 53.6 Å². The summed E-state index contributed by atoms with van der Waals surface area (Å²) in [4.78, 5) is 15.5. The van der Waals surface area contributed by atoms with Crippen molar-refractivity contribution in [1.29, 1.82) is 0 Å². The summed E-state index contributed by atoms with van der Waals surface area (Å²) in [6.07, 6.45) is -0.378. The molecule has 2 rings (SSSR count). The van der Waals surface area contributed by atoms with Gasteiger partial charge in [0.1, 0.15) is 0 Å². The van der Waals surface area contributed by atoms with Crippen LogP contribution in [0.1, 0.15) is 21.5 Å². The fourth-order valence-corrected chi connectivity index (χ4v) is 1.40. The number of halogens is 3. The predicted octanol–water partition coefficient (Wildman–Crippen LogP) is 2.12. The van der Waals surface area contributed by atoms with Gasteiger partial charge in [-0.05, 0) is 12.1 Å². The molecule has 7 heteroatoms. The number of hydrogen-bond donors (Lipinski definition) is 0. The van der Waals surface area contributed by atoms with Crippen molar-refractivity contribution in [3.8, 4) is 0 Å². The number of rotatable bonds is 2. The summed E-state index contributed by atoms with van der Waals surface area (Å²) in [7, 11) is 0. The molecule has 0 bridgehead atoms. The van der Waals surface area contributed by atoms with Crippen LogP contribution in [-0.2, 0) is 6.18 Å². The fraction of sp³-hybridized carbons (Fsp3) is 0.0909. The summed E-state index contributed by atoms with van der Waals surface area (Å²) >= 11 is 0. The monoisotopic (exact) mass is 253 g/mol. The van der Waals surface area contributed by atoms with Crippen molar-refractivity contribution in [1.82, 2.24) is 15.2 Å². The van der Waals surface area contributed by atoms with Gasteiger partial charge in [0.15, 0.2) is 5.78 Å². The Kier molecular flexibility index (Phi) is 3.05. The smallest absolute Gasteiger partial charge is 0.288 e. The van der Waals surface area contributed by atoms with E-state index in [4.69, 9.17) is 0 Å². The minimum Gasteiger partial charge on any atom is -0.288 e. The largest absolute Gasteiger partial charge is 0.417 e. The molecular weight excluding hydrogens is 247 g/mol. The number of carbonyl (C=O) groups excluding carboxylic acids is 1. The molecule has 2 aromatic heterocycles. The molecule has 92 valence electrons. The molecule has 0 aliphatic heterocycles. The zero-order valence-corrected chi connectivity index (χ0v) is 8.85. The molecule has 2 heterocycles. The van der Waals surface area contributed by atoms with Gasteiger partial charge in [0, 0.05) is 18.0 Å². The molecule has 0 N–H and O–H groups in total. The Balaban J connectivity index is 2.50. The summed E-state index contributed by atoms with van der Waals surface area (Å²) in [6.45, 7) is 0. The highest BCUT2D eigenvalue weighted by molar-refractivity contribution is 6.09. The van der Waals surface area contributed by atoms with Gasteiger partial charge in [0.25, 0.3) is 0 Å². The molecule has 0 fully saturated rings. The minimum absolute atomic E-state index is 0.0310. The summed E-state index contributed by atoms with van der Waals surface area (Å²) in [5, 5.41) is 6.90. The lowest BCUT2D eigenvalue weighted by atomic mass is 10.0. The third-order valence-corrected chi connectivity index (χ3v) is 2.22. The summed E-state index contributed by atoms with van der Waals surface area (Å²) in [5.74, 6) is -0.787. The molecule has 0 aliphatic carbocycles. The summed E-state index contributed by atoms with van der Waals surface area (Å²) < 4.78 is 38.1. The second-order valence-electron chi connectivity index (χ2n) is 3.38. The second kappa shape index (κ2) is 4.52. The van der Waals surface area contributed by atoms with E-state index in [0.717, 1.165) is 24.7 Å². The maximum atomic E-state index is 12.7. The highest BCUT2D eigenvalue weighted by Gasteiger charge is 2.35. The number of nitrogens with zero attached hydrogens (tertiary/aromatic N) is 3. The quantitative estimate of drug-likeness (QED) is 0.769. The molecule has 0 aliphatic rings. The van der Waals surface area contributed by atoms with Crippen LogP contribution in [0.4, 0.5) is 13.2 Å². The van der Waals surface area contributed by atoms with Gasteiger partial charge in [-0.1, -0.05) is 0 Å². The van der Waals surface area contributed by atoms with Crippen molar-refractivity contribution in [2.24, 2.45) is 0 Å².